The maximum absolute atomic E-state index is 12.4. The molecule has 0 saturated carbocycles. The van der Waals surface area contributed by atoms with Gasteiger partial charge in [0.2, 0.25) is 11.8 Å². The molecular weight excluding hydrogens is 376 g/mol. The number of amides is 1. The van der Waals surface area contributed by atoms with E-state index in [9.17, 15) is 4.79 Å². The zero-order valence-corrected chi connectivity index (χ0v) is 16.8. The summed E-state index contributed by atoms with van der Waals surface area (Å²) >= 11 is 0. The summed E-state index contributed by atoms with van der Waals surface area (Å²) in [4.78, 5) is 22.3. The molecule has 6 heteroatoms. The van der Waals surface area contributed by atoms with Crippen molar-refractivity contribution in [2.24, 2.45) is 0 Å². The van der Waals surface area contributed by atoms with Crippen molar-refractivity contribution >= 4 is 16.8 Å². The molecule has 0 bridgehead atoms. The van der Waals surface area contributed by atoms with E-state index in [0.29, 0.717) is 31.1 Å². The van der Waals surface area contributed by atoms with Gasteiger partial charge in [0, 0.05) is 42.5 Å². The number of benzene rings is 2. The Hall–Kier alpha value is -3.41. The number of fused-ring (bicyclic) bond motifs is 1. The average molecular weight is 400 g/mol. The summed E-state index contributed by atoms with van der Waals surface area (Å²) in [5, 5.41) is 5.35. The topological polar surface area (TPSA) is 75.0 Å². The first-order valence-electron chi connectivity index (χ1n) is 10.5. The lowest BCUT2D eigenvalue weighted by atomic mass is 10.1. The van der Waals surface area contributed by atoms with Crippen LogP contribution >= 0.6 is 0 Å². The van der Waals surface area contributed by atoms with Crippen molar-refractivity contribution in [1.82, 2.24) is 20.0 Å². The number of nitrogens with zero attached hydrogens (tertiary/aromatic N) is 3. The Kier molecular flexibility index (Phi) is 5.05. The smallest absolute Gasteiger partial charge is 0.231 e. The Labute approximate surface area is 174 Å². The molecule has 2 aromatic heterocycles. The van der Waals surface area contributed by atoms with Gasteiger partial charge in [-0.25, -0.2) is 0 Å². The summed E-state index contributed by atoms with van der Waals surface area (Å²) in [6, 6.07) is 18.6. The summed E-state index contributed by atoms with van der Waals surface area (Å²) in [6.45, 7) is 1.43. The van der Waals surface area contributed by atoms with Crippen molar-refractivity contribution in [2.75, 3.05) is 13.1 Å². The number of carbonyl (C=O) groups excluding carboxylic acids is 1. The highest BCUT2D eigenvalue weighted by Crippen LogP contribution is 2.27. The minimum Gasteiger partial charge on any atom is -0.361 e. The first-order valence-corrected chi connectivity index (χ1v) is 10.5. The third kappa shape index (κ3) is 3.85. The molecule has 1 amide bonds. The lowest BCUT2D eigenvalue weighted by molar-refractivity contribution is -0.127. The van der Waals surface area contributed by atoms with Gasteiger partial charge in [-0.05, 0) is 30.0 Å². The Morgan fingerprint density at radius 2 is 1.93 bits per heavy atom. The number of nitrogens with one attached hydrogen (secondary N) is 1. The fraction of sp³-hybridized carbons (Fsp3) is 0.292. The van der Waals surface area contributed by atoms with Gasteiger partial charge in [-0.1, -0.05) is 53.7 Å². The van der Waals surface area contributed by atoms with E-state index >= 15 is 0 Å². The maximum atomic E-state index is 12.4. The highest BCUT2D eigenvalue weighted by Gasteiger charge is 2.33. The summed E-state index contributed by atoms with van der Waals surface area (Å²) in [7, 11) is 0. The van der Waals surface area contributed by atoms with Crippen molar-refractivity contribution in [3.05, 3.63) is 83.6 Å². The Balaban J connectivity index is 1.19. The van der Waals surface area contributed by atoms with Gasteiger partial charge in [0.05, 0.1) is 6.42 Å². The predicted molar refractivity (Wildman–Crippen MR) is 114 cm³/mol. The van der Waals surface area contributed by atoms with Crippen molar-refractivity contribution < 1.29 is 9.32 Å². The van der Waals surface area contributed by atoms with Crippen LogP contribution in [0.3, 0.4) is 0 Å². The van der Waals surface area contributed by atoms with Gasteiger partial charge in [-0.2, -0.15) is 4.98 Å². The summed E-state index contributed by atoms with van der Waals surface area (Å²) < 4.78 is 5.50. The van der Waals surface area contributed by atoms with Gasteiger partial charge in [0.1, 0.15) is 0 Å². The second kappa shape index (κ2) is 8.14. The molecular formula is C24H24N4O2. The molecule has 0 radical (unpaired) electrons. The lowest BCUT2D eigenvalue weighted by Crippen LogP contribution is -2.26. The van der Waals surface area contributed by atoms with Crippen LogP contribution in [0, 0.1) is 0 Å². The molecule has 1 unspecified atom stereocenters. The third-order valence-electron chi connectivity index (χ3n) is 5.82. The van der Waals surface area contributed by atoms with Crippen LogP contribution in [0.15, 0.2) is 65.3 Å². The maximum Gasteiger partial charge on any atom is 0.231 e. The van der Waals surface area contributed by atoms with Crippen LogP contribution in [-0.4, -0.2) is 39.0 Å². The highest BCUT2D eigenvalue weighted by molar-refractivity contribution is 5.83. The van der Waals surface area contributed by atoms with Crippen LogP contribution in [0.1, 0.15) is 41.6 Å². The highest BCUT2D eigenvalue weighted by atomic mass is 16.5. The number of aromatic nitrogens is 3. The Bertz CT molecular complexity index is 1150. The summed E-state index contributed by atoms with van der Waals surface area (Å²) in [5.74, 6) is 1.42. The number of carbonyl (C=O) groups is 1. The first-order chi connectivity index (χ1) is 14.8. The van der Waals surface area contributed by atoms with Crippen molar-refractivity contribution in [3.63, 3.8) is 0 Å². The van der Waals surface area contributed by atoms with E-state index < -0.39 is 0 Å². The zero-order valence-electron chi connectivity index (χ0n) is 16.8. The molecule has 4 aromatic rings. The van der Waals surface area contributed by atoms with Crippen LogP contribution in [0.2, 0.25) is 0 Å². The summed E-state index contributed by atoms with van der Waals surface area (Å²) in [5.41, 5.74) is 3.53. The number of hydrogen-bond acceptors (Lipinski definition) is 4. The molecule has 1 N–H and O–H groups in total. The molecule has 5 rings (SSSR count). The van der Waals surface area contributed by atoms with Crippen LogP contribution in [-0.2, 0) is 17.6 Å². The predicted octanol–water partition coefficient (Wildman–Crippen LogP) is 4.09. The van der Waals surface area contributed by atoms with Gasteiger partial charge in [-0.3, -0.25) is 4.79 Å². The number of likely N-dealkylation sites (tertiary alicyclic amines) is 1. The number of rotatable bonds is 7. The molecule has 1 aliphatic heterocycles. The van der Waals surface area contributed by atoms with Gasteiger partial charge < -0.3 is 14.4 Å². The monoisotopic (exact) mass is 400 g/mol. The van der Waals surface area contributed by atoms with Gasteiger partial charge in [-0.15, -0.1) is 0 Å². The van der Waals surface area contributed by atoms with Crippen LogP contribution < -0.4 is 0 Å². The lowest BCUT2D eigenvalue weighted by Gasteiger charge is -2.15. The molecule has 152 valence electrons. The molecule has 0 spiro atoms. The Morgan fingerprint density at radius 1 is 1.10 bits per heavy atom. The molecule has 6 nitrogen and oxygen atoms in total. The summed E-state index contributed by atoms with van der Waals surface area (Å²) in [6.07, 6.45) is 4.96. The molecule has 30 heavy (non-hydrogen) atoms. The fourth-order valence-electron chi connectivity index (χ4n) is 4.23. The molecule has 2 aromatic carbocycles. The van der Waals surface area contributed by atoms with Crippen LogP contribution in [0.25, 0.3) is 10.9 Å². The van der Waals surface area contributed by atoms with Crippen molar-refractivity contribution in [1.29, 1.82) is 0 Å². The Morgan fingerprint density at radius 3 is 2.83 bits per heavy atom. The molecule has 1 fully saturated rings. The number of aryl methyl sites for hydroxylation is 1. The molecule has 3 heterocycles. The van der Waals surface area contributed by atoms with Gasteiger partial charge >= 0.3 is 0 Å². The standard InChI is InChI=1S/C24H24N4O2/c29-23-14-19(16-28(23)12-6-9-17-7-2-1-3-8-17)24-26-22(30-27-24)13-18-15-25-21-11-5-4-10-20(18)21/h1-5,7-8,10-11,15,19,25H,6,9,12-14,16H2. The average Bonchev–Trinajstić information content (AvgIpc) is 3.49. The van der Waals surface area contributed by atoms with E-state index in [1.54, 1.807) is 0 Å². The SMILES string of the molecule is O=C1CC(c2noc(Cc3c[nH]c4ccccc34)n2)CN1CCCc1ccccc1. The van der Waals surface area contributed by atoms with Crippen LogP contribution in [0.5, 0.6) is 0 Å². The number of hydrogen-bond donors (Lipinski definition) is 1. The van der Waals surface area contributed by atoms with E-state index in [0.717, 1.165) is 35.9 Å². The quantitative estimate of drug-likeness (QED) is 0.507. The van der Waals surface area contributed by atoms with E-state index in [1.807, 2.05) is 29.3 Å². The molecule has 1 aliphatic rings. The van der Waals surface area contributed by atoms with E-state index in [1.165, 1.54) is 5.56 Å². The van der Waals surface area contributed by atoms with Crippen molar-refractivity contribution in [2.45, 2.75) is 31.6 Å². The molecule has 1 saturated heterocycles. The zero-order chi connectivity index (χ0) is 20.3. The number of aromatic amines is 1. The third-order valence-corrected chi connectivity index (χ3v) is 5.82. The van der Waals surface area contributed by atoms with Crippen LogP contribution in [0.4, 0.5) is 0 Å². The number of para-hydroxylation sites is 1. The molecule has 1 atom stereocenters. The van der Waals surface area contributed by atoms with Gasteiger partial charge in [0.15, 0.2) is 5.82 Å². The minimum atomic E-state index is 0.00898. The van der Waals surface area contributed by atoms with E-state index in [-0.39, 0.29) is 11.8 Å². The largest absolute Gasteiger partial charge is 0.361 e. The first kappa shape index (κ1) is 18.6. The second-order valence-electron chi connectivity index (χ2n) is 7.91. The normalized spacial score (nSPS) is 16.6. The van der Waals surface area contributed by atoms with Crippen molar-refractivity contribution in [3.8, 4) is 0 Å². The van der Waals surface area contributed by atoms with E-state index in [2.05, 4.69) is 51.5 Å². The minimum absolute atomic E-state index is 0.00898. The van der Waals surface area contributed by atoms with E-state index in [4.69, 9.17) is 4.52 Å². The number of H-pyrrole nitrogens is 1. The molecule has 0 aliphatic carbocycles. The fourth-order valence-corrected chi connectivity index (χ4v) is 4.23. The van der Waals surface area contributed by atoms with Gasteiger partial charge in [0.25, 0.3) is 0 Å². The second-order valence-corrected chi connectivity index (χ2v) is 7.91.